The van der Waals surface area contributed by atoms with Crippen molar-refractivity contribution in [3.63, 3.8) is 0 Å². The van der Waals surface area contributed by atoms with E-state index in [1.54, 1.807) is 12.1 Å². The zero-order valence-corrected chi connectivity index (χ0v) is 15.8. The summed E-state index contributed by atoms with van der Waals surface area (Å²) in [6.45, 7) is 0. The standard InChI is InChI=1S/C23H26N2O2/c1-27-20-14-12-18(13-15-20)22-16-21(17-8-4-2-5-9-17)24-25(22)23(26)19-10-6-3-7-11-19/h2,4-5,8-9,12-15,19,22H,3,6-7,10-11,16H2,1H3. The molecule has 0 saturated heterocycles. The van der Waals surface area contributed by atoms with Gasteiger partial charge in [0.1, 0.15) is 5.75 Å². The highest BCUT2D eigenvalue weighted by atomic mass is 16.5. The summed E-state index contributed by atoms with van der Waals surface area (Å²) in [5.41, 5.74) is 3.19. The van der Waals surface area contributed by atoms with Gasteiger partial charge in [0.15, 0.2) is 0 Å². The first-order chi connectivity index (χ1) is 13.3. The van der Waals surface area contributed by atoms with Gasteiger partial charge in [-0.3, -0.25) is 4.79 Å². The van der Waals surface area contributed by atoms with Crippen LogP contribution in [0.3, 0.4) is 0 Å². The van der Waals surface area contributed by atoms with E-state index < -0.39 is 0 Å². The lowest BCUT2D eigenvalue weighted by atomic mass is 9.88. The largest absolute Gasteiger partial charge is 0.497 e. The smallest absolute Gasteiger partial charge is 0.246 e. The Morgan fingerprint density at radius 3 is 2.37 bits per heavy atom. The molecule has 4 rings (SSSR count). The van der Waals surface area contributed by atoms with Crippen LogP contribution in [0, 0.1) is 5.92 Å². The molecule has 0 aromatic heterocycles. The average molecular weight is 362 g/mol. The Bertz CT molecular complexity index is 808. The van der Waals surface area contributed by atoms with Crippen molar-refractivity contribution in [2.24, 2.45) is 11.0 Å². The first-order valence-corrected chi connectivity index (χ1v) is 9.86. The third-order valence-corrected chi connectivity index (χ3v) is 5.70. The fourth-order valence-corrected chi connectivity index (χ4v) is 4.14. The van der Waals surface area contributed by atoms with Crippen molar-refractivity contribution in [2.45, 2.75) is 44.6 Å². The number of benzene rings is 2. The molecule has 140 valence electrons. The Hall–Kier alpha value is -2.62. The molecule has 0 spiro atoms. The first kappa shape index (κ1) is 17.8. The van der Waals surface area contributed by atoms with E-state index in [9.17, 15) is 4.79 Å². The van der Waals surface area contributed by atoms with Gasteiger partial charge in [-0.05, 0) is 36.1 Å². The van der Waals surface area contributed by atoms with E-state index in [0.29, 0.717) is 0 Å². The van der Waals surface area contributed by atoms with Crippen LogP contribution in [0.1, 0.15) is 55.7 Å². The predicted octanol–water partition coefficient (Wildman–Crippen LogP) is 4.95. The van der Waals surface area contributed by atoms with Crippen molar-refractivity contribution < 1.29 is 9.53 Å². The van der Waals surface area contributed by atoms with E-state index in [1.807, 2.05) is 42.5 Å². The monoisotopic (exact) mass is 362 g/mol. The zero-order valence-electron chi connectivity index (χ0n) is 15.8. The van der Waals surface area contributed by atoms with E-state index in [2.05, 4.69) is 12.1 Å². The van der Waals surface area contributed by atoms with E-state index in [4.69, 9.17) is 9.84 Å². The van der Waals surface area contributed by atoms with Crippen LogP contribution < -0.4 is 4.74 Å². The Balaban J connectivity index is 1.64. The molecular weight excluding hydrogens is 336 g/mol. The number of nitrogens with zero attached hydrogens (tertiary/aromatic N) is 2. The third kappa shape index (κ3) is 3.75. The van der Waals surface area contributed by atoms with Gasteiger partial charge in [0, 0.05) is 12.3 Å². The summed E-state index contributed by atoms with van der Waals surface area (Å²) in [5, 5.41) is 6.57. The van der Waals surface area contributed by atoms with E-state index in [1.165, 1.54) is 6.42 Å². The predicted molar refractivity (Wildman–Crippen MR) is 107 cm³/mol. The average Bonchev–Trinajstić information content (AvgIpc) is 3.20. The van der Waals surface area contributed by atoms with Crippen molar-refractivity contribution >= 4 is 11.6 Å². The molecule has 2 aromatic carbocycles. The molecule has 1 heterocycles. The quantitative estimate of drug-likeness (QED) is 0.772. The number of hydrogen-bond acceptors (Lipinski definition) is 3. The van der Waals surface area contributed by atoms with Gasteiger partial charge in [-0.15, -0.1) is 0 Å². The first-order valence-electron chi connectivity index (χ1n) is 9.86. The molecule has 2 aromatic rings. The summed E-state index contributed by atoms with van der Waals surface area (Å²) in [6, 6.07) is 18.2. The number of rotatable bonds is 4. The summed E-state index contributed by atoms with van der Waals surface area (Å²) in [4.78, 5) is 13.3. The van der Waals surface area contributed by atoms with Gasteiger partial charge in [-0.25, -0.2) is 5.01 Å². The van der Waals surface area contributed by atoms with Gasteiger partial charge in [-0.1, -0.05) is 61.7 Å². The van der Waals surface area contributed by atoms with Gasteiger partial charge in [0.25, 0.3) is 0 Å². The molecule has 1 unspecified atom stereocenters. The fraction of sp³-hybridized carbons (Fsp3) is 0.391. The lowest BCUT2D eigenvalue weighted by molar-refractivity contribution is -0.138. The highest BCUT2D eigenvalue weighted by Gasteiger charge is 2.36. The second-order valence-electron chi connectivity index (χ2n) is 7.42. The maximum atomic E-state index is 13.3. The minimum atomic E-state index is -0.0412. The molecule has 1 atom stereocenters. The molecule has 0 N–H and O–H groups in total. The van der Waals surface area contributed by atoms with Gasteiger partial charge >= 0.3 is 0 Å². The normalized spacial score (nSPS) is 20.4. The molecular formula is C23H26N2O2. The number of carbonyl (C=O) groups is 1. The van der Waals surface area contributed by atoms with Gasteiger partial charge in [0.05, 0.1) is 18.9 Å². The molecule has 1 aliphatic heterocycles. The van der Waals surface area contributed by atoms with Gasteiger partial charge in [0.2, 0.25) is 5.91 Å². The molecule has 1 fully saturated rings. The molecule has 4 heteroatoms. The molecule has 4 nitrogen and oxygen atoms in total. The highest BCUT2D eigenvalue weighted by Crippen LogP contribution is 2.36. The number of ether oxygens (including phenoxy) is 1. The molecule has 0 bridgehead atoms. The van der Waals surface area contributed by atoms with E-state index in [0.717, 1.165) is 54.7 Å². The van der Waals surface area contributed by atoms with Gasteiger partial charge < -0.3 is 4.74 Å². The summed E-state index contributed by atoms with van der Waals surface area (Å²) in [7, 11) is 1.67. The minimum absolute atomic E-state index is 0.0412. The number of amides is 1. The Kier molecular flexibility index (Phi) is 5.23. The van der Waals surface area contributed by atoms with Crippen LogP contribution in [0.4, 0.5) is 0 Å². The fourth-order valence-electron chi connectivity index (χ4n) is 4.14. The summed E-state index contributed by atoms with van der Waals surface area (Å²) >= 11 is 0. The summed E-state index contributed by atoms with van der Waals surface area (Å²) < 4.78 is 5.28. The van der Waals surface area contributed by atoms with Crippen LogP contribution in [0.15, 0.2) is 59.7 Å². The lowest BCUT2D eigenvalue weighted by Crippen LogP contribution is -2.33. The molecule has 27 heavy (non-hydrogen) atoms. The van der Waals surface area contributed by atoms with Crippen LogP contribution in [0.2, 0.25) is 0 Å². The van der Waals surface area contributed by atoms with Crippen LogP contribution in [-0.4, -0.2) is 23.7 Å². The zero-order chi connectivity index (χ0) is 18.6. The van der Waals surface area contributed by atoms with Crippen molar-refractivity contribution in [2.75, 3.05) is 7.11 Å². The Morgan fingerprint density at radius 1 is 1.00 bits per heavy atom. The molecule has 1 amide bonds. The maximum absolute atomic E-state index is 13.3. The summed E-state index contributed by atoms with van der Waals surface area (Å²) in [5.74, 6) is 1.12. The van der Waals surface area contributed by atoms with Crippen molar-refractivity contribution in [1.82, 2.24) is 5.01 Å². The number of hydrogen-bond donors (Lipinski definition) is 0. The minimum Gasteiger partial charge on any atom is -0.497 e. The number of hydrazone groups is 1. The lowest BCUT2D eigenvalue weighted by Gasteiger charge is -2.28. The maximum Gasteiger partial charge on any atom is 0.246 e. The molecule has 2 aliphatic rings. The van der Waals surface area contributed by atoms with Crippen LogP contribution in [0.25, 0.3) is 0 Å². The Labute approximate surface area is 160 Å². The molecule has 0 radical (unpaired) electrons. The SMILES string of the molecule is COc1ccc(C2CC(c3ccccc3)=NN2C(=O)C2CCCCC2)cc1. The molecule has 1 saturated carbocycles. The van der Waals surface area contributed by atoms with Crippen molar-refractivity contribution in [1.29, 1.82) is 0 Å². The van der Waals surface area contributed by atoms with Crippen molar-refractivity contribution in [3.05, 3.63) is 65.7 Å². The van der Waals surface area contributed by atoms with E-state index >= 15 is 0 Å². The Morgan fingerprint density at radius 2 is 1.70 bits per heavy atom. The van der Waals surface area contributed by atoms with Crippen molar-refractivity contribution in [3.8, 4) is 5.75 Å². The van der Waals surface area contributed by atoms with Crippen LogP contribution in [-0.2, 0) is 4.79 Å². The van der Waals surface area contributed by atoms with Gasteiger partial charge in [-0.2, -0.15) is 5.10 Å². The second-order valence-corrected chi connectivity index (χ2v) is 7.42. The third-order valence-electron chi connectivity index (χ3n) is 5.70. The van der Waals surface area contributed by atoms with Crippen LogP contribution in [0.5, 0.6) is 5.75 Å². The number of carbonyl (C=O) groups excluding carboxylic acids is 1. The van der Waals surface area contributed by atoms with Crippen LogP contribution >= 0.6 is 0 Å². The summed E-state index contributed by atoms with van der Waals surface area (Å²) in [6.07, 6.45) is 6.25. The topological polar surface area (TPSA) is 41.9 Å². The second kappa shape index (κ2) is 7.95. The molecule has 1 aliphatic carbocycles. The van der Waals surface area contributed by atoms with E-state index in [-0.39, 0.29) is 17.9 Å². The highest BCUT2D eigenvalue weighted by molar-refractivity contribution is 6.03. The number of methoxy groups -OCH3 is 1.